The van der Waals surface area contributed by atoms with Crippen LogP contribution in [0.25, 0.3) is 0 Å². The van der Waals surface area contributed by atoms with Crippen molar-refractivity contribution in [1.29, 1.82) is 0 Å². The summed E-state index contributed by atoms with van der Waals surface area (Å²) in [5.74, 6) is -0.106. The number of hydrogen-bond acceptors (Lipinski definition) is 5. The van der Waals surface area contributed by atoms with Gasteiger partial charge in [-0.25, -0.2) is 4.98 Å². The number of aryl methyl sites for hydroxylation is 2. The molecule has 0 radical (unpaired) electrons. The number of amides is 1. The first kappa shape index (κ1) is 13.2. The number of nitrogens with two attached hydrogens (primary N) is 1. The van der Waals surface area contributed by atoms with Crippen LogP contribution in [0.3, 0.4) is 0 Å². The number of aromatic nitrogens is 3. The number of carbonyl (C=O) groups excluding carboxylic acids is 1. The predicted molar refractivity (Wildman–Crippen MR) is 72.6 cm³/mol. The van der Waals surface area contributed by atoms with Crippen LogP contribution < -0.4 is 11.1 Å². The van der Waals surface area contributed by atoms with Crippen LogP contribution in [0.4, 0.5) is 11.5 Å². The molecule has 0 fully saturated rings. The van der Waals surface area contributed by atoms with Crippen molar-refractivity contribution in [3.8, 4) is 0 Å². The zero-order valence-corrected chi connectivity index (χ0v) is 11.2. The summed E-state index contributed by atoms with van der Waals surface area (Å²) in [6, 6.07) is 5.19. The number of primary amides is 1. The van der Waals surface area contributed by atoms with E-state index >= 15 is 0 Å². The zero-order valence-electron chi connectivity index (χ0n) is 10.4. The van der Waals surface area contributed by atoms with E-state index in [9.17, 15) is 4.79 Å². The van der Waals surface area contributed by atoms with Gasteiger partial charge in [-0.1, -0.05) is 17.7 Å². The predicted octanol–water partition coefficient (Wildman–Crippen LogP) is 1.98. The molecule has 0 atom stereocenters. The van der Waals surface area contributed by atoms with E-state index in [4.69, 9.17) is 17.3 Å². The lowest BCUT2D eigenvalue weighted by Gasteiger charge is -2.09. The smallest absolute Gasteiger partial charge is 0.271 e. The lowest BCUT2D eigenvalue weighted by atomic mass is 10.2. The van der Waals surface area contributed by atoms with E-state index in [-0.39, 0.29) is 10.8 Å². The van der Waals surface area contributed by atoms with Gasteiger partial charge in [0, 0.05) is 11.8 Å². The molecular weight excluding hydrogens is 266 g/mol. The molecule has 3 N–H and O–H groups in total. The molecular formula is C12H12ClN5O. The molecule has 0 spiro atoms. The Labute approximate surface area is 115 Å². The molecule has 0 saturated carbocycles. The second-order valence-corrected chi connectivity index (χ2v) is 4.40. The topological polar surface area (TPSA) is 93.8 Å². The van der Waals surface area contributed by atoms with E-state index in [1.54, 1.807) is 6.07 Å². The zero-order chi connectivity index (χ0) is 14.0. The fourth-order valence-corrected chi connectivity index (χ4v) is 1.63. The minimum absolute atomic E-state index is 0.0180. The number of rotatable bonds is 3. The van der Waals surface area contributed by atoms with Crippen molar-refractivity contribution in [3.63, 3.8) is 0 Å². The Morgan fingerprint density at radius 2 is 2.05 bits per heavy atom. The summed E-state index contributed by atoms with van der Waals surface area (Å²) < 4.78 is 0. The van der Waals surface area contributed by atoms with Gasteiger partial charge in [0.1, 0.15) is 5.82 Å². The maximum absolute atomic E-state index is 11.3. The number of hydrogen-bond donors (Lipinski definition) is 2. The molecule has 0 aliphatic carbocycles. The highest BCUT2D eigenvalue weighted by molar-refractivity contribution is 6.29. The van der Waals surface area contributed by atoms with Crippen LogP contribution in [0, 0.1) is 13.8 Å². The van der Waals surface area contributed by atoms with Crippen molar-refractivity contribution in [2.24, 2.45) is 5.73 Å². The van der Waals surface area contributed by atoms with Gasteiger partial charge in [-0.2, -0.15) is 0 Å². The lowest BCUT2D eigenvalue weighted by molar-refractivity contribution is 0.0995. The highest BCUT2D eigenvalue weighted by Crippen LogP contribution is 2.21. The average Bonchev–Trinajstić information content (AvgIpc) is 2.33. The molecule has 2 heterocycles. The van der Waals surface area contributed by atoms with Gasteiger partial charge in [0.05, 0.1) is 5.69 Å². The Morgan fingerprint density at radius 3 is 2.68 bits per heavy atom. The fourth-order valence-electron chi connectivity index (χ4n) is 1.48. The Kier molecular flexibility index (Phi) is 3.62. The second kappa shape index (κ2) is 5.19. The molecule has 0 aliphatic rings. The molecule has 6 nitrogen and oxygen atoms in total. The van der Waals surface area contributed by atoms with E-state index in [1.165, 1.54) is 6.07 Å². The molecule has 0 saturated heterocycles. The van der Waals surface area contributed by atoms with Gasteiger partial charge in [0.15, 0.2) is 10.8 Å². The number of halogens is 1. The SMILES string of the molecule is Cc1ccc(Nc2cc(Cl)nnc2C(N)=O)nc1C. The van der Waals surface area contributed by atoms with Crippen molar-refractivity contribution >= 4 is 29.0 Å². The first-order chi connectivity index (χ1) is 8.97. The molecule has 2 aromatic heterocycles. The average molecular weight is 278 g/mol. The molecule has 2 aromatic rings. The van der Waals surface area contributed by atoms with Gasteiger partial charge in [-0.15, -0.1) is 10.2 Å². The summed E-state index contributed by atoms with van der Waals surface area (Å²) in [6.45, 7) is 3.86. The van der Waals surface area contributed by atoms with Gasteiger partial charge in [-0.3, -0.25) is 4.79 Å². The fraction of sp³-hybridized carbons (Fsp3) is 0.167. The molecule has 0 aliphatic heterocycles. The number of carbonyl (C=O) groups is 1. The molecule has 7 heteroatoms. The Bertz CT molecular complexity index is 644. The van der Waals surface area contributed by atoms with Gasteiger partial charge < -0.3 is 11.1 Å². The van der Waals surface area contributed by atoms with E-state index in [0.29, 0.717) is 11.5 Å². The van der Waals surface area contributed by atoms with Crippen molar-refractivity contribution in [2.45, 2.75) is 13.8 Å². The third-order valence-corrected chi connectivity index (χ3v) is 2.79. The summed E-state index contributed by atoms with van der Waals surface area (Å²) in [4.78, 5) is 15.6. The maximum Gasteiger partial charge on any atom is 0.271 e. The van der Waals surface area contributed by atoms with E-state index in [1.807, 2.05) is 19.9 Å². The number of nitrogens with zero attached hydrogens (tertiary/aromatic N) is 3. The standard InChI is InChI=1S/C12H12ClN5O/c1-6-3-4-10(15-7(6)2)16-8-5-9(13)17-18-11(8)12(14)19/h3-5H,1-2H3,(H2,14,19)(H,15,16,17). The Balaban J connectivity index is 2.39. The highest BCUT2D eigenvalue weighted by atomic mass is 35.5. The van der Waals surface area contributed by atoms with Gasteiger partial charge in [0.25, 0.3) is 5.91 Å². The molecule has 2 rings (SSSR count). The molecule has 0 bridgehead atoms. The van der Waals surface area contributed by atoms with E-state index in [2.05, 4.69) is 20.5 Å². The molecule has 0 aromatic carbocycles. The van der Waals surface area contributed by atoms with Gasteiger partial charge >= 0.3 is 0 Å². The van der Waals surface area contributed by atoms with Crippen LogP contribution in [0.15, 0.2) is 18.2 Å². The summed E-state index contributed by atoms with van der Waals surface area (Å²) >= 11 is 5.76. The van der Waals surface area contributed by atoms with Crippen LogP contribution in [-0.4, -0.2) is 21.1 Å². The third-order valence-electron chi connectivity index (χ3n) is 2.61. The second-order valence-electron chi connectivity index (χ2n) is 4.02. The van der Waals surface area contributed by atoms with Gasteiger partial charge in [-0.05, 0) is 25.5 Å². The first-order valence-corrected chi connectivity index (χ1v) is 5.89. The number of pyridine rings is 1. The molecule has 19 heavy (non-hydrogen) atoms. The quantitative estimate of drug-likeness (QED) is 0.895. The highest BCUT2D eigenvalue weighted by Gasteiger charge is 2.12. The summed E-state index contributed by atoms with van der Waals surface area (Å²) in [5.41, 5.74) is 7.59. The molecule has 0 unspecified atom stereocenters. The number of nitrogens with one attached hydrogen (secondary N) is 1. The first-order valence-electron chi connectivity index (χ1n) is 5.51. The Morgan fingerprint density at radius 1 is 1.32 bits per heavy atom. The number of anilines is 2. The summed E-state index contributed by atoms with van der Waals surface area (Å²) in [6.07, 6.45) is 0. The van der Waals surface area contributed by atoms with Crippen LogP contribution in [0.5, 0.6) is 0 Å². The van der Waals surface area contributed by atoms with Crippen LogP contribution in [0.2, 0.25) is 5.15 Å². The van der Waals surface area contributed by atoms with Gasteiger partial charge in [0.2, 0.25) is 0 Å². The van der Waals surface area contributed by atoms with Crippen LogP contribution >= 0.6 is 11.6 Å². The monoisotopic (exact) mass is 277 g/mol. The lowest BCUT2D eigenvalue weighted by Crippen LogP contribution is -2.16. The Hall–Kier alpha value is -2.21. The summed E-state index contributed by atoms with van der Waals surface area (Å²) in [5, 5.41) is 10.4. The maximum atomic E-state index is 11.3. The normalized spacial score (nSPS) is 10.3. The summed E-state index contributed by atoms with van der Waals surface area (Å²) in [7, 11) is 0. The van der Waals surface area contributed by atoms with E-state index < -0.39 is 5.91 Å². The minimum atomic E-state index is -0.685. The van der Waals surface area contributed by atoms with Crippen LogP contribution in [-0.2, 0) is 0 Å². The van der Waals surface area contributed by atoms with Crippen molar-refractivity contribution < 1.29 is 4.79 Å². The van der Waals surface area contributed by atoms with Crippen molar-refractivity contribution in [2.75, 3.05) is 5.32 Å². The van der Waals surface area contributed by atoms with Crippen molar-refractivity contribution in [3.05, 3.63) is 40.3 Å². The largest absolute Gasteiger partial charge is 0.364 e. The third kappa shape index (κ3) is 2.97. The van der Waals surface area contributed by atoms with Crippen molar-refractivity contribution in [1.82, 2.24) is 15.2 Å². The molecule has 1 amide bonds. The molecule has 98 valence electrons. The minimum Gasteiger partial charge on any atom is -0.364 e. The van der Waals surface area contributed by atoms with E-state index in [0.717, 1.165) is 11.3 Å². The van der Waals surface area contributed by atoms with Crippen LogP contribution in [0.1, 0.15) is 21.7 Å².